The molecule has 0 aliphatic heterocycles. The third-order valence-electron chi connectivity index (χ3n) is 1.73. The Morgan fingerprint density at radius 3 is 2.14 bits per heavy atom. The molecule has 1 rings (SSSR count). The van der Waals surface area contributed by atoms with Crippen LogP contribution < -0.4 is 0 Å². The SMILES string of the molecule is B=BC1CCCC1. The second-order valence-electron chi connectivity index (χ2n) is 2.28. The molecule has 1 aliphatic carbocycles. The van der Waals surface area contributed by atoms with E-state index in [1.807, 2.05) is 0 Å². The van der Waals surface area contributed by atoms with Gasteiger partial charge in [0.1, 0.15) is 0 Å². The Labute approximate surface area is 46.6 Å². The summed E-state index contributed by atoms with van der Waals surface area (Å²) in [7, 11) is 3.74. The van der Waals surface area contributed by atoms with Gasteiger partial charge in [-0.15, -0.1) is 0 Å². The summed E-state index contributed by atoms with van der Waals surface area (Å²) in [6, 6.07) is 0. The van der Waals surface area contributed by atoms with E-state index in [0.29, 0.717) is 0 Å². The van der Waals surface area contributed by atoms with Crippen LogP contribution in [-0.2, 0) is 0 Å². The van der Waals surface area contributed by atoms with E-state index in [2.05, 4.69) is 14.2 Å². The first-order valence-electron chi connectivity index (χ1n) is 3.06. The molecular formula is C5H10B2. The van der Waals surface area contributed by atoms with Crippen LogP contribution in [0.15, 0.2) is 0 Å². The van der Waals surface area contributed by atoms with Crippen molar-refractivity contribution in [2.75, 3.05) is 0 Å². The molecule has 2 heteroatoms. The average molecular weight is 91.8 g/mol. The molecule has 0 aromatic rings. The molecule has 0 aromatic heterocycles. The van der Waals surface area contributed by atoms with Gasteiger partial charge in [0, 0.05) is 0 Å². The molecule has 0 saturated heterocycles. The monoisotopic (exact) mass is 92.1 g/mol. The zero-order valence-corrected chi connectivity index (χ0v) is 4.69. The van der Waals surface area contributed by atoms with Crippen molar-refractivity contribution < 1.29 is 0 Å². The minimum atomic E-state index is 0.861. The van der Waals surface area contributed by atoms with E-state index in [4.69, 9.17) is 0 Å². The Kier molecular flexibility index (Phi) is 1.84. The normalized spacial score (nSPS) is 22.1. The molecule has 1 saturated carbocycles. The van der Waals surface area contributed by atoms with Crippen LogP contribution in [0.1, 0.15) is 25.7 Å². The van der Waals surface area contributed by atoms with Gasteiger partial charge < -0.3 is 0 Å². The van der Waals surface area contributed by atoms with Crippen molar-refractivity contribution in [3.05, 3.63) is 0 Å². The fourth-order valence-corrected chi connectivity index (χ4v) is 1.19. The van der Waals surface area contributed by atoms with Gasteiger partial charge in [-0.3, -0.25) is 0 Å². The molecule has 1 fully saturated rings. The zero-order valence-electron chi connectivity index (χ0n) is 4.69. The Morgan fingerprint density at radius 1 is 1.29 bits per heavy atom. The number of hydrogen-bond acceptors (Lipinski definition) is 0. The van der Waals surface area contributed by atoms with Crippen molar-refractivity contribution >= 4 is 14.2 Å². The van der Waals surface area contributed by atoms with E-state index < -0.39 is 0 Å². The van der Waals surface area contributed by atoms with Crippen molar-refractivity contribution in [1.82, 2.24) is 0 Å². The zero-order chi connectivity index (χ0) is 5.11. The van der Waals surface area contributed by atoms with Crippen LogP contribution in [-0.4, -0.2) is 14.2 Å². The standard InChI is InChI=1S/C5H10B2/c6-7-5-3-1-2-4-5/h5-6H,1-4H2. The molecule has 0 atom stereocenters. The van der Waals surface area contributed by atoms with Crippen LogP contribution in [0.2, 0.25) is 5.82 Å². The van der Waals surface area contributed by atoms with Crippen LogP contribution in [0.25, 0.3) is 0 Å². The molecule has 0 heterocycles. The number of rotatable bonds is 1. The predicted octanol–water partition coefficient (Wildman–Crippen LogP) is 0.869. The summed E-state index contributed by atoms with van der Waals surface area (Å²) in [6.45, 7) is 2.09. The topological polar surface area (TPSA) is 0 Å². The Bertz CT molecular complexity index is 64.5. The fourth-order valence-electron chi connectivity index (χ4n) is 1.19. The maximum absolute atomic E-state index is 3.74. The van der Waals surface area contributed by atoms with Gasteiger partial charge in [0.2, 0.25) is 0 Å². The van der Waals surface area contributed by atoms with Crippen molar-refractivity contribution in [2.24, 2.45) is 0 Å². The third-order valence-corrected chi connectivity index (χ3v) is 1.73. The van der Waals surface area contributed by atoms with Gasteiger partial charge in [0.25, 0.3) is 0 Å². The van der Waals surface area contributed by atoms with Gasteiger partial charge in [0.05, 0.1) is 0 Å². The summed E-state index contributed by atoms with van der Waals surface area (Å²) >= 11 is 0. The summed E-state index contributed by atoms with van der Waals surface area (Å²) in [5.74, 6) is 0.861. The third kappa shape index (κ3) is 1.25. The maximum atomic E-state index is 3.74. The van der Waals surface area contributed by atoms with Gasteiger partial charge in [-0.2, -0.15) is 0 Å². The van der Waals surface area contributed by atoms with E-state index in [9.17, 15) is 0 Å². The first-order chi connectivity index (χ1) is 3.43. The fraction of sp³-hybridized carbons (Fsp3) is 1.00. The molecule has 7 heavy (non-hydrogen) atoms. The second kappa shape index (κ2) is 2.44. The van der Waals surface area contributed by atoms with Crippen molar-refractivity contribution in [3.63, 3.8) is 0 Å². The van der Waals surface area contributed by atoms with Crippen molar-refractivity contribution in [1.29, 1.82) is 0 Å². The molecule has 0 aromatic carbocycles. The molecule has 1 aliphatic rings. The van der Waals surface area contributed by atoms with E-state index in [1.54, 1.807) is 0 Å². The average Bonchev–Trinajstić information content (AvgIpc) is 2.14. The summed E-state index contributed by atoms with van der Waals surface area (Å²) in [4.78, 5) is 0. The van der Waals surface area contributed by atoms with Crippen molar-refractivity contribution in [3.8, 4) is 0 Å². The van der Waals surface area contributed by atoms with E-state index >= 15 is 0 Å². The molecule has 0 amide bonds. The first-order valence-corrected chi connectivity index (χ1v) is 3.06. The van der Waals surface area contributed by atoms with E-state index in [0.717, 1.165) is 5.82 Å². The molecule has 36 valence electrons. The minimum absolute atomic E-state index is 0.861. The molecule has 0 nitrogen and oxygen atoms in total. The summed E-state index contributed by atoms with van der Waals surface area (Å²) in [5, 5.41) is 0. The molecule has 0 radical (unpaired) electrons. The molecule has 0 N–H and O–H groups in total. The van der Waals surface area contributed by atoms with E-state index in [1.165, 1.54) is 25.7 Å². The van der Waals surface area contributed by atoms with Crippen LogP contribution in [0, 0.1) is 0 Å². The van der Waals surface area contributed by atoms with Gasteiger partial charge in [0.15, 0.2) is 0 Å². The van der Waals surface area contributed by atoms with E-state index in [-0.39, 0.29) is 0 Å². The van der Waals surface area contributed by atoms with Gasteiger partial charge in [-0.25, -0.2) is 0 Å². The van der Waals surface area contributed by atoms with Crippen LogP contribution in [0.4, 0.5) is 0 Å². The quantitative estimate of drug-likeness (QED) is 0.421. The summed E-state index contributed by atoms with van der Waals surface area (Å²) < 4.78 is 0. The molecule has 0 spiro atoms. The van der Waals surface area contributed by atoms with Gasteiger partial charge in [-0.05, 0) is 0 Å². The number of hydrogen-bond donors (Lipinski definition) is 0. The molecular weight excluding hydrogens is 81.7 g/mol. The molecule has 0 bridgehead atoms. The van der Waals surface area contributed by atoms with Crippen molar-refractivity contribution in [2.45, 2.75) is 31.5 Å². The first kappa shape index (κ1) is 5.27. The van der Waals surface area contributed by atoms with Crippen LogP contribution in [0.5, 0.6) is 0 Å². The Morgan fingerprint density at radius 2 is 1.86 bits per heavy atom. The summed E-state index contributed by atoms with van der Waals surface area (Å²) in [6.07, 6.45) is 5.64. The molecule has 0 unspecified atom stereocenters. The van der Waals surface area contributed by atoms with Gasteiger partial charge >= 0.3 is 45.7 Å². The summed E-state index contributed by atoms with van der Waals surface area (Å²) in [5.41, 5.74) is 0. The van der Waals surface area contributed by atoms with Crippen LogP contribution >= 0.6 is 0 Å². The Balaban J connectivity index is 2.26. The van der Waals surface area contributed by atoms with Crippen LogP contribution in [0.3, 0.4) is 0 Å². The second-order valence-corrected chi connectivity index (χ2v) is 2.28. The predicted molar refractivity (Wildman–Crippen MR) is 35.1 cm³/mol. The Hall–Kier alpha value is 0.130. The van der Waals surface area contributed by atoms with Gasteiger partial charge in [-0.1, -0.05) is 0 Å².